The summed E-state index contributed by atoms with van der Waals surface area (Å²) >= 11 is 0. The molecule has 0 aromatic heterocycles. The van der Waals surface area contributed by atoms with E-state index in [2.05, 4.69) is 5.32 Å². The smallest absolute Gasteiger partial charge is 0.251 e. The fraction of sp³-hybridized carbons (Fsp3) is 0.278. The second-order valence-electron chi connectivity index (χ2n) is 5.37. The molecule has 0 aliphatic rings. The molecule has 0 saturated carbocycles. The second-order valence-corrected chi connectivity index (χ2v) is 5.37. The predicted molar refractivity (Wildman–Crippen MR) is 84.4 cm³/mol. The van der Waals surface area contributed by atoms with Crippen molar-refractivity contribution in [2.45, 2.75) is 20.0 Å². The first-order valence-electron chi connectivity index (χ1n) is 7.14. The van der Waals surface area contributed by atoms with Crippen LogP contribution in [0.2, 0.25) is 0 Å². The van der Waals surface area contributed by atoms with Crippen LogP contribution in [0.3, 0.4) is 0 Å². The highest BCUT2D eigenvalue weighted by molar-refractivity contribution is 5.94. The molecular formula is C18H20FNO2. The van der Waals surface area contributed by atoms with Crippen molar-refractivity contribution in [3.05, 3.63) is 70.5 Å². The summed E-state index contributed by atoms with van der Waals surface area (Å²) in [4.78, 5) is 12.2. The Bertz CT molecular complexity index is 650. The molecule has 0 saturated heterocycles. The molecule has 1 N–H and O–H groups in total. The molecule has 0 heterocycles. The van der Waals surface area contributed by atoms with Crippen LogP contribution in [-0.4, -0.2) is 19.6 Å². The van der Waals surface area contributed by atoms with E-state index in [0.717, 1.165) is 11.1 Å². The highest BCUT2D eigenvalue weighted by Crippen LogP contribution is 2.17. The van der Waals surface area contributed by atoms with Gasteiger partial charge in [0.25, 0.3) is 5.91 Å². The third kappa shape index (κ3) is 4.15. The summed E-state index contributed by atoms with van der Waals surface area (Å²) in [7, 11) is 1.54. The Hall–Kier alpha value is -2.20. The number of amides is 1. The van der Waals surface area contributed by atoms with E-state index < -0.39 is 0 Å². The van der Waals surface area contributed by atoms with E-state index in [1.807, 2.05) is 32.0 Å². The lowest BCUT2D eigenvalue weighted by Crippen LogP contribution is -2.29. The van der Waals surface area contributed by atoms with Gasteiger partial charge in [-0.3, -0.25) is 4.79 Å². The molecule has 2 rings (SSSR count). The summed E-state index contributed by atoms with van der Waals surface area (Å²) < 4.78 is 18.6. The van der Waals surface area contributed by atoms with Crippen LogP contribution >= 0.6 is 0 Å². The third-order valence-electron chi connectivity index (χ3n) is 3.44. The Morgan fingerprint density at radius 3 is 2.45 bits per heavy atom. The molecule has 0 spiro atoms. The lowest BCUT2D eigenvalue weighted by Gasteiger charge is -2.17. The summed E-state index contributed by atoms with van der Waals surface area (Å²) in [5.74, 6) is -0.481. The number of methoxy groups -OCH3 is 1. The standard InChI is InChI=1S/C18H20FNO2/c1-12-7-13(2)9-15(8-12)18(21)20-11-17(22-3)14-5-4-6-16(19)10-14/h4-10,17H,11H2,1-3H3,(H,20,21). The van der Waals surface area contributed by atoms with Gasteiger partial charge in [0, 0.05) is 19.2 Å². The monoisotopic (exact) mass is 301 g/mol. The van der Waals surface area contributed by atoms with Gasteiger partial charge in [0.2, 0.25) is 0 Å². The van der Waals surface area contributed by atoms with Gasteiger partial charge >= 0.3 is 0 Å². The fourth-order valence-electron chi connectivity index (χ4n) is 2.44. The van der Waals surface area contributed by atoms with Gasteiger partial charge in [0.05, 0.1) is 6.10 Å². The van der Waals surface area contributed by atoms with E-state index in [0.29, 0.717) is 11.1 Å². The van der Waals surface area contributed by atoms with Gasteiger partial charge in [0.1, 0.15) is 5.82 Å². The Kier molecular flexibility index (Phi) is 5.28. The summed E-state index contributed by atoms with van der Waals surface area (Å²) in [6.07, 6.45) is -0.384. The van der Waals surface area contributed by atoms with Gasteiger partial charge in [-0.15, -0.1) is 0 Å². The zero-order valence-corrected chi connectivity index (χ0v) is 13.0. The first kappa shape index (κ1) is 16.2. The van der Waals surface area contributed by atoms with Crippen molar-refractivity contribution in [2.24, 2.45) is 0 Å². The van der Waals surface area contributed by atoms with Crippen molar-refractivity contribution in [3.63, 3.8) is 0 Å². The SMILES string of the molecule is COC(CNC(=O)c1cc(C)cc(C)c1)c1cccc(F)c1. The minimum absolute atomic E-state index is 0.162. The van der Waals surface area contributed by atoms with E-state index in [-0.39, 0.29) is 24.4 Å². The molecule has 116 valence electrons. The summed E-state index contributed by atoms with van der Waals surface area (Å²) in [5, 5.41) is 2.84. The quantitative estimate of drug-likeness (QED) is 0.917. The van der Waals surface area contributed by atoms with E-state index in [4.69, 9.17) is 4.74 Å². The van der Waals surface area contributed by atoms with Gasteiger partial charge in [-0.1, -0.05) is 29.3 Å². The Balaban J connectivity index is 2.05. The van der Waals surface area contributed by atoms with Crippen LogP contribution in [0.5, 0.6) is 0 Å². The highest BCUT2D eigenvalue weighted by Gasteiger charge is 2.14. The summed E-state index contributed by atoms with van der Waals surface area (Å²) in [5.41, 5.74) is 3.40. The number of halogens is 1. The molecule has 1 atom stereocenters. The van der Waals surface area contributed by atoms with Crippen LogP contribution in [0.15, 0.2) is 42.5 Å². The minimum atomic E-state index is -0.384. The maximum Gasteiger partial charge on any atom is 0.251 e. The molecule has 0 bridgehead atoms. The molecule has 2 aromatic rings. The van der Waals surface area contributed by atoms with Gasteiger partial charge in [-0.2, -0.15) is 0 Å². The molecule has 0 fully saturated rings. The largest absolute Gasteiger partial charge is 0.375 e. The average Bonchev–Trinajstić information content (AvgIpc) is 2.46. The summed E-state index contributed by atoms with van der Waals surface area (Å²) in [6.45, 7) is 4.19. The number of ether oxygens (including phenoxy) is 1. The topological polar surface area (TPSA) is 38.3 Å². The zero-order valence-electron chi connectivity index (χ0n) is 13.0. The molecule has 1 unspecified atom stereocenters. The van der Waals surface area contributed by atoms with Crippen LogP contribution in [0, 0.1) is 19.7 Å². The van der Waals surface area contributed by atoms with Crippen molar-refractivity contribution in [1.29, 1.82) is 0 Å². The average molecular weight is 301 g/mol. The molecule has 22 heavy (non-hydrogen) atoms. The van der Waals surface area contributed by atoms with Crippen molar-refractivity contribution in [2.75, 3.05) is 13.7 Å². The van der Waals surface area contributed by atoms with Gasteiger partial charge in [0.15, 0.2) is 0 Å². The number of hydrogen-bond donors (Lipinski definition) is 1. The molecule has 2 aromatic carbocycles. The molecule has 1 amide bonds. The fourth-order valence-corrected chi connectivity index (χ4v) is 2.44. The van der Waals surface area contributed by atoms with Crippen LogP contribution in [0.4, 0.5) is 4.39 Å². The van der Waals surface area contributed by atoms with Crippen LogP contribution in [-0.2, 0) is 4.74 Å². The lowest BCUT2D eigenvalue weighted by atomic mass is 10.1. The molecular weight excluding hydrogens is 281 g/mol. The number of benzene rings is 2. The maximum absolute atomic E-state index is 13.3. The number of aryl methyl sites for hydroxylation is 2. The Labute approximate surface area is 130 Å². The van der Waals surface area contributed by atoms with Crippen LogP contribution < -0.4 is 5.32 Å². The Morgan fingerprint density at radius 2 is 1.86 bits per heavy atom. The highest BCUT2D eigenvalue weighted by atomic mass is 19.1. The van der Waals surface area contributed by atoms with E-state index in [9.17, 15) is 9.18 Å². The minimum Gasteiger partial charge on any atom is -0.375 e. The van der Waals surface area contributed by atoms with Gasteiger partial charge in [-0.25, -0.2) is 4.39 Å². The van der Waals surface area contributed by atoms with Gasteiger partial charge < -0.3 is 10.1 Å². The van der Waals surface area contributed by atoms with Crippen LogP contribution in [0.1, 0.15) is 33.2 Å². The number of carbonyl (C=O) groups excluding carboxylic acids is 1. The molecule has 0 radical (unpaired) electrons. The van der Waals surface area contributed by atoms with Crippen molar-refractivity contribution in [1.82, 2.24) is 5.32 Å². The molecule has 3 nitrogen and oxygen atoms in total. The van der Waals surface area contributed by atoms with Crippen molar-refractivity contribution >= 4 is 5.91 Å². The molecule has 0 aliphatic carbocycles. The van der Waals surface area contributed by atoms with Gasteiger partial charge in [-0.05, 0) is 43.7 Å². The first-order valence-corrected chi connectivity index (χ1v) is 7.14. The van der Waals surface area contributed by atoms with E-state index in [1.165, 1.54) is 12.1 Å². The molecule has 4 heteroatoms. The third-order valence-corrected chi connectivity index (χ3v) is 3.44. The maximum atomic E-state index is 13.3. The van der Waals surface area contributed by atoms with Crippen molar-refractivity contribution < 1.29 is 13.9 Å². The lowest BCUT2D eigenvalue weighted by molar-refractivity contribution is 0.0827. The van der Waals surface area contributed by atoms with E-state index >= 15 is 0 Å². The van der Waals surface area contributed by atoms with E-state index in [1.54, 1.807) is 19.2 Å². The number of nitrogens with one attached hydrogen (secondary N) is 1. The number of rotatable bonds is 5. The summed E-state index contributed by atoms with van der Waals surface area (Å²) in [6, 6.07) is 11.9. The zero-order chi connectivity index (χ0) is 16.1. The van der Waals surface area contributed by atoms with Crippen LogP contribution in [0.25, 0.3) is 0 Å². The Morgan fingerprint density at radius 1 is 1.18 bits per heavy atom. The number of hydrogen-bond acceptors (Lipinski definition) is 2. The first-order chi connectivity index (χ1) is 10.5. The predicted octanol–water partition coefficient (Wildman–Crippen LogP) is 3.56. The second kappa shape index (κ2) is 7.18. The van der Waals surface area contributed by atoms with Crippen molar-refractivity contribution in [3.8, 4) is 0 Å². The molecule has 0 aliphatic heterocycles. The number of carbonyl (C=O) groups is 1. The normalized spacial score (nSPS) is 12.0.